The van der Waals surface area contributed by atoms with Crippen LogP contribution in [0.4, 0.5) is 5.69 Å². The second-order valence-electron chi connectivity index (χ2n) is 6.41. The van der Waals surface area contributed by atoms with Crippen LogP contribution < -0.4 is 20.1 Å². The monoisotopic (exact) mass is 450 g/mol. The fraction of sp³-hybridized carbons (Fsp3) is 0.300. The summed E-state index contributed by atoms with van der Waals surface area (Å²) in [5, 5.41) is 5.87. The van der Waals surface area contributed by atoms with E-state index in [0.717, 1.165) is 11.4 Å². The molecule has 2 aromatic rings. The van der Waals surface area contributed by atoms with Gasteiger partial charge in [0.05, 0.1) is 16.7 Å². The van der Waals surface area contributed by atoms with Crippen LogP contribution in [0.5, 0.6) is 11.5 Å². The van der Waals surface area contributed by atoms with Crippen molar-refractivity contribution in [2.24, 2.45) is 0 Å². The SMILES string of the molecule is CC(C)Oc1cccc(NC(=S)NC(=O)c2ccc(OC(C)C)c(Br)c2)c1. The molecule has 7 heteroatoms. The lowest BCUT2D eigenvalue weighted by Gasteiger charge is -2.14. The third kappa shape index (κ3) is 6.84. The third-order valence-corrected chi connectivity index (χ3v) is 4.07. The van der Waals surface area contributed by atoms with Gasteiger partial charge in [-0.1, -0.05) is 6.07 Å². The van der Waals surface area contributed by atoms with Crippen molar-refractivity contribution in [1.29, 1.82) is 0 Å². The van der Waals surface area contributed by atoms with Crippen molar-refractivity contribution in [2.75, 3.05) is 5.32 Å². The third-order valence-electron chi connectivity index (χ3n) is 3.25. The minimum absolute atomic E-state index is 0.0493. The van der Waals surface area contributed by atoms with E-state index >= 15 is 0 Å². The summed E-state index contributed by atoms with van der Waals surface area (Å²) < 4.78 is 12.0. The first-order valence-electron chi connectivity index (χ1n) is 8.60. The van der Waals surface area contributed by atoms with E-state index in [4.69, 9.17) is 21.7 Å². The van der Waals surface area contributed by atoms with E-state index in [2.05, 4.69) is 26.6 Å². The van der Waals surface area contributed by atoms with Crippen LogP contribution in [0.25, 0.3) is 0 Å². The maximum atomic E-state index is 12.4. The van der Waals surface area contributed by atoms with Crippen molar-refractivity contribution in [1.82, 2.24) is 5.32 Å². The Balaban J connectivity index is 1.99. The number of rotatable bonds is 6. The highest BCUT2D eigenvalue weighted by molar-refractivity contribution is 9.10. The summed E-state index contributed by atoms with van der Waals surface area (Å²) in [6.45, 7) is 7.80. The molecule has 0 aliphatic rings. The van der Waals surface area contributed by atoms with Crippen LogP contribution in [0, 0.1) is 0 Å². The number of carbonyl (C=O) groups is 1. The molecule has 2 aromatic carbocycles. The molecule has 2 rings (SSSR count). The lowest BCUT2D eigenvalue weighted by molar-refractivity contribution is 0.0977. The van der Waals surface area contributed by atoms with Crippen LogP contribution in [0.3, 0.4) is 0 Å². The second kappa shape index (κ2) is 9.71. The largest absolute Gasteiger partial charge is 0.491 e. The number of ether oxygens (including phenoxy) is 2. The van der Waals surface area contributed by atoms with Gasteiger partial charge >= 0.3 is 0 Å². The van der Waals surface area contributed by atoms with Gasteiger partial charge < -0.3 is 14.8 Å². The molecule has 0 saturated heterocycles. The first-order chi connectivity index (χ1) is 12.7. The highest BCUT2D eigenvalue weighted by Crippen LogP contribution is 2.27. The summed E-state index contributed by atoms with van der Waals surface area (Å²) in [6, 6.07) is 12.5. The van der Waals surface area contributed by atoms with E-state index in [9.17, 15) is 4.79 Å². The summed E-state index contributed by atoms with van der Waals surface area (Å²) in [5.74, 6) is 1.11. The van der Waals surface area contributed by atoms with E-state index in [1.165, 1.54) is 0 Å². The molecule has 144 valence electrons. The highest BCUT2D eigenvalue weighted by atomic mass is 79.9. The second-order valence-corrected chi connectivity index (χ2v) is 7.68. The van der Waals surface area contributed by atoms with E-state index in [1.54, 1.807) is 18.2 Å². The van der Waals surface area contributed by atoms with Gasteiger partial charge in [-0.2, -0.15) is 0 Å². The number of halogens is 1. The van der Waals surface area contributed by atoms with Crippen LogP contribution in [0.15, 0.2) is 46.9 Å². The van der Waals surface area contributed by atoms with E-state index < -0.39 is 0 Å². The maximum absolute atomic E-state index is 12.4. The Morgan fingerprint density at radius 2 is 1.74 bits per heavy atom. The fourth-order valence-electron chi connectivity index (χ4n) is 2.25. The quantitative estimate of drug-likeness (QED) is 0.595. The zero-order chi connectivity index (χ0) is 20.0. The molecule has 0 fully saturated rings. The molecule has 0 saturated carbocycles. The molecule has 0 atom stereocenters. The molecule has 27 heavy (non-hydrogen) atoms. The number of hydrogen-bond acceptors (Lipinski definition) is 4. The summed E-state index contributed by atoms with van der Waals surface area (Å²) in [5.41, 5.74) is 1.21. The molecule has 0 aliphatic carbocycles. The molecule has 0 bridgehead atoms. The van der Waals surface area contributed by atoms with Gasteiger partial charge in [-0.3, -0.25) is 10.1 Å². The Morgan fingerprint density at radius 1 is 1.04 bits per heavy atom. The lowest BCUT2D eigenvalue weighted by atomic mass is 10.2. The Bertz CT molecular complexity index is 825. The molecule has 0 unspecified atom stereocenters. The number of benzene rings is 2. The maximum Gasteiger partial charge on any atom is 0.257 e. The minimum Gasteiger partial charge on any atom is -0.491 e. The van der Waals surface area contributed by atoms with E-state index in [0.29, 0.717) is 15.8 Å². The first-order valence-corrected chi connectivity index (χ1v) is 9.80. The molecule has 2 N–H and O–H groups in total. The van der Waals surface area contributed by atoms with Gasteiger partial charge in [-0.15, -0.1) is 0 Å². The van der Waals surface area contributed by atoms with E-state index in [1.807, 2.05) is 52.0 Å². The molecule has 0 radical (unpaired) electrons. The molecule has 0 aromatic heterocycles. The van der Waals surface area contributed by atoms with Crippen molar-refractivity contribution < 1.29 is 14.3 Å². The predicted molar refractivity (Wildman–Crippen MR) is 116 cm³/mol. The summed E-state index contributed by atoms with van der Waals surface area (Å²) in [6.07, 6.45) is 0.126. The Morgan fingerprint density at radius 3 is 2.37 bits per heavy atom. The number of hydrogen-bond donors (Lipinski definition) is 2. The molecular weight excluding hydrogens is 428 g/mol. The van der Waals surface area contributed by atoms with Crippen molar-refractivity contribution in [3.8, 4) is 11.5 Å². The molecular formula is C20H23BrN2O3S. The number of thiocarbonyl (C=S) groups is 1. The van der Waals surface area contributed by atoms with Crippen LogP contribution in [0.1, 0.15) is 38.1 Å². The smallest absolute Gasteiger partial charge is 0.257 e. The summed E-state index contributed by atoms with van der Waals surface area (Å²) in [4.78, 5) is 12.4. The number of amides is 1. The first kappa shape index (κ1) is 21.2. The van der Waals surface area contributed by atoms with Crippen LogP contribution in [-0.4, -0.2) is 23.2 Å². The van der Waals surface area contributed by atoms with Crippen molar-refractivity contribution in [3.05, 3.63) is 52.5 Å². The summed E-state index contributed by atoms with van der Waals surface area (Å²) >= 11 is 8.66. The summed E-state index contributed by atoms with van der Waals surface area (Å²) in [7, 11) is 0. The van der Waals surface area contributed by atoms with Crippen LogP contribution in [-0.2, 0) is 0 Å². The minimum atomic E-state index is -0.307. The normalized spacial score (nSPS) is 10.6. The zero-order valence-electron chi connectivity index (χ0n) is 15.7. The van der Waals surface area contributed by atoms with Crippen LogP contribution in [0.2, 0.25) is 0 Å². The van der Waals surface area contributed by atoms with Crippen molar-refractivity contribution >= 4 is 44.9 Å². The fourth-order valence-corrected chi connectivity index (χ4v) is 2.93. The van der Waals surface area contributed by atoms with Gasteiger partial charge in [-0.25, -0.2) is 0 Å². The molecule has 5 nitrogen and oxygen atoms in total. The molecule has 0 heterocycles. The van der Waals surface area contributed by atoms with Gasteiger partial charge in [0.25, 0.3) is 5.91 Å². The Hall–Kier alpha value is -2.12. The Kier molecular flexibility index (Phi) is 7.62. The van der Waals surface area contributed by atoms with Crippen molar-refractivity contribution in [2.45, 2.75) is 39.9 Å². The van der Waals surface area contributed by atoms with Gasteiger partial charge in [0.2, 0.25) is 0 Å². The molecule has 1 amide bonds. The molecule has 0 spiro atoms. The van der Waals surface area contributed by atoms with Crippen molar-refractivity contribution in [3.63, 3.8) is 0 Å². The van der Waals surface area contributed by atoms with E-state index in [-0.39, 0.29) is 23.2 Å². The van der Waals surface area contributed by atoms with Gasteiger partial charge in [0, 0.05) is 17.3 Å². The number of carbonyl (C=O) groups excluding carboxylic acids is 1. The van der Waals surface area contributed by atoms with Gasteiger partial charge in [-0.05, 0) is 86.2 Å². The van der Waals surface area contributed by atoms with Gasteiger partial charge in [0.15, 0.2) is 5.11 Å². The molecule has 0 aliphatic heterocycles. The average Bonchev–Trinajstić information content (AvgIpc) is 2.55. The Labute approximate surface area is 173 Å². The lowest BCUT2D eigenvalue weighted by Crippen LogP contribution is -2.34. The highest BCUT2D eigenvalue weighted by Gasteiger charge is 2.12. The standard InChI is InChI=1S/C20H23BrN2O3S/c1-12(2)25-16-7-5-6-15(11-16)22-20(27)23-19(24)14-8-9-18(17(21)10-14)26-13(3)4/h5-13H,1-4H3,(H2,22,23,24,27). The predicted octanol–water partition coefficient (Wildman–Crippen LogP) is 5.15. The average molecular weight is 451 g/mol. The van der Waals surface area contributed by atoms with Gasteiger partial charge in [0.1, 0.15) is 11.5 Å². The van der Waals surface area contributed by atoms with Crippen LogP contribution >= 0.6 is 28.1 Å². The number of nitrogens with one attached hydrogen (secondary N) is 2. The number of anilines is 1. The topological polar surface area (TPSA) is 59.6 Å². The zero-order valence-corrected chi connectivity index (χ0v) is 18.1.